The fraction of sp³-hybridized carbons (Fsp3) is 0.906. The van der Waals surface area contributed by atoms with E-state index in [2.05, 4.69) is 55.6 Å². The largest absolute Gasteiger partial charge is 0.394 e. The lowest BCUT2D eigenvalue weighted by Gasteiger charge is -2.48. The Balaban J connectivity index is 1.30. The highest BCUT2D eigenvalue weighted by Crippen LogP contribution is 2.34. The lowest BCUT2D eigenvalue weighted by molar-refractivity contribution is -0.379. The first-order valence-electron chi connectivity index (χ1n) is 48.4. The van der Waals surface area contributed by atoms with Crippen molar-refractivity contribution in [3.05, 3.63) is 48.6 Å². The zero-order valence-corrected chi connectivity index (χ0v) is 73.3. The highest BCUT2D eigenvalue weighted by molar-refractivity contribution is 5.76. The Labute approximate surface area is 701 Å². The normalized spacial score (nSPS) is 24.8. The summed E-state index contributed by atoms with van der Waals surface area (Å²) in [4.78, 5) is 13.5. The molecule has 1 amide bonds. The Morgan fingerprint density at radius 2 is 0.583 bits per heavy atom. The zero-order chi connectivity index (χ0) is 83.1. The van der Waals surface area contributed by atoms with E-state index in [1.54, 1.807) is 6.08 Å². The van der Waals surface area contributed by atoms with E-state index in [9.17, 15) is 61.0 Å². The molecule has 12 N–H and O–H groups in total. The predicted molar refractivity (Wildman–Crippen MR) is 466 cm³/mol. The minimum atomic E-state index is -1.98. The Kier molecular flexibility index (Phi) is 70.2. The van der Waals surface area contributed by atoms with Crippen LogP contribution in [0.2, 0.25) is 0 Å². The van der Waals surface area contributed by atoms with Crippen LogP contribution in [0.15, 0.2) is 48.6 Å². The first kappa shape index (κ1) is 107. The van der Waals surface area contributed by atoms with Crippen LogP contribution in [0, 0.1) is 0 Å². The van der Waals surface area contributed by atoms with E-state index in [0.29, 0.717) is 12.8 Å². The maximum atomic E-state index is 13.5. The molecule has 3 heterocycles. The van der Waals surface area contributed by atoms with Crippen molar-refractivity contribution in [3.8, 4) is 0 Å². The van der Waals surface area contributed by atoms with Crippen molar-refractivity contribution in [2.24, 2.45) is 0 Å². The minimum absolute atomic E-state index is 0.240. The standard InChI is InChI=1S/C96H179NO18/c1-3-5-7-9-11-13-15-17-19-21-23-25-27-29-31-33-35-36-37-38-39-40-41-42-44-46-48-50-52-54-56-58-60-62-64-66-68-70-72-74-84(102)97-79(80(101)73-71-69-67-65-63-61-59-57-55-53-51-49-47-45-43-34-32-30-28-26-24-22-20-18-16-14-12-10-8-6-4-2)78-110-94-90(108)87(105)92(82(76-99)112-94)115-96-91(109)88(106)93(83(77-100)113-96)114-95-89(107)86(104)85(103)81(75-98)111-95/h15,17,21,23,63,65,71,73,79-83,85-96,98-101,103-109H,3-14,16,18-20,22,24-62,64,66-70,72,74-78H2,1-2H3,(H,97,102)/b17-15-,23-21-,65-63+,73-71+. The Bertz CT molecular complexity index is 2260. The maximum absolute atomic E-state index is 13.5. The number of aliphatic hydroxyl groups excluding tert-OH is 11. The summed E-state index contributed by atoms with van der Waals surface area (Å²) in [5.41, 5.74) is 0. The third-order valence-electron chi connectivity index (χ3n) is 24.1. The summed E-state index contributed by atoms with van der Waals surface area (Å²) in [5.74, 6) is -0.276. The Morgan fingerprint density at radius 1 is 0.313 bits per heavy atom. The van der Waals surface area contributed by atoms with Crippen molar-refractivity contribution in [2.45, 2.75) is 529 Å². The molecule has 0 bridgehead atoms. The van der Waals surface area contributed by atoms with Crippen LogP contribution < -0.4 is 5.32 Å². The quantitative estimate of drug-likeness (QED) is 0.0199. The number of allylic oxidation sites excluding steroid dienone is 7. The fourth-order valence-corrected chi connectivity index (χ4v) is 16.4. The second kappa shape index (κ2) is 75.5. The van der Waals surface area contributed by atoms with Gasteiger partial charge < -0.3 is 89.9 Å². The number of nitrogens with one attached hydrogen (secondary N) is 1. The summed E-state index contributed by atoms with van der Waals surface area (Å²) >= 11 is 0. The number of hydrogen-bond acceptors (Lipinski definition) is 18. The lowest BCUT2D eigenvalue weighted by Crippen LogP contribution is -2.66. The number of rotatable bonds is 80. The molecular formula is C96H179NO18. The van der Waals surface area contributed by atoms with Crippen molar-refractivity contribution in [1.29, 1.82) is 0 Å². The van der Waals surface area contributed by atoms with Gasteiger partial charge in [-0.05, 0) is 64.2 Å². The molecule has 17 unspecified atom stereocenters. The van der Waals surface area contributed by atoms with Crippen molar-refractivity contribution in [1.82, 2.24) is 5.32 Å². The van der Waals surface area contributed by atoms with Crippen LogP contribution in [0.25, 0.3) is 0 Å². The molecule has 17 atom stereocenters. The van der Waals surface area contributed by atoms with Crippen LogP contribution in [-0.2, 0) is 33.2 Å². The van der Waals surface area contributed by atoms with Crippen molar-refractivity contribution in [3.63, 3.8) is 0 Å². The molecule has 676 valence electrons. The van der Waals surface area contributed by atoms with Gasteiger partial charge in [0.1, 0.15) is 73.2 Å². The van der Waals surface area contributed by atoms with Crippen molar-refractivity contribution in [2.75, 3.05) is 26.4 Å². The van der Waals surface area contributed by atoms with Gasteiger partial charge in [0.05, 0.1) is 38.6 Å². The molecule has 0 saturated carbocycles. The molecule has 3 aliphatic heterocycles. The third-order valence-corrected chi connectivity index (χ3v) is 24.1. The van der Waals surface area contributed by atoms with Gasteiger partial charge in [0.25, 0.3) is 0 Å². The third kappa shape index (κ3) is 53.4. The first-order chi connectivity index (χ1) is 56.3. The van der Waals surface area contributed by atoms with Gasteiger partial charge in [0, 0.05) is 6.42 Å². The Morgan fingerprint density at radius 3 is 0.922 bits per heavy atom. The van der Waals surface area contributed by atoms with E-state index in [0.717, 1.165) is 44.9 Å². The van der Waals surface area contributed by atoms with Crippen molar-refractivity contribution >= 4 is 5.91 Å². The number of ether oxygens (including phenoxy) is 6. The van der Waals surface area contributed by atoms with E-state index in [4.69, 9.17) is 28.4 Å². The Hall–Kier alpha value is -2.25. The molecule has 0 aliphatic carbocycles. The molecule has 3 fully saturated rings. The number of carbonyl (C=O) groups excluding carboxylic acids is 1. The molecule has 0 radical (unpaired) electrons. The topological polar surface area (TPSA) is 307 Å². The number of amides is 1. The first-order valence-corrected chi connectivity index (χ1v) is 48.4. The molecule has 0 aromatic heterocycles. The molecule has 19 nitrogen and oxygen atoms in total. The van der Waals surface area contributed by atoms with Gasteiger partial charge in [-0.25, -0.2) is 0 Å². The van der Waals surface area contributed by atoms with E-state index >= 15 is 0 Å². The van der Waals surface area contributed by atoms with Crippen LogP contribution in [-0.4, -0.2) is 193 Å². The van der Waals surface area contributed by atoms with E-state index < -0.39 is 124 Å². The van der Waals surface area contributed by atoms with Gasteiger partial charge in [0.2, 0.25) is 5.91 Å². The van der Waals surface area contributed by atoms with Gasteiger partial charge in [-0.3, -0.25) is 4.79 Å². The smallest absolute Gasteiger partial charge is 0.220 e. The van der Waals surface area contributed by atoms with E-state index in [1.807, 2.05) is 6.08 Å². The summed E-state index contributed by atoms with van der Waals surface area (Å²) in [7, 11) is 0. The highest BCUT2D eigenvalue weighted by atomic mass is 16.8. The average Bonchev–Trinajstić information content (AvgIpc) is 0.779. The van der Waals surface area contributed by atoms with Crippen LogP contribution in [0.4, 0.5) is 0 Å². The number of carbonyl (C=O) groups is 1. The molecule has 3 saturated heterocycles. The van der Waals surface area contributed by atoms with Crippen LogP contribution in [0.3, 0.4) is 0 Å². The number of hydrogen-bond donors (Lipinski definition) is 12. The van der Waals surface area contributed by atoms with Gasteiger partial charge in [0.15, 0.2) is 18.9 Å². The SMILES string of the molecule is CCCCCCC/C=C\C/C=C\CCCCCCCCCCCCCCCCCCCCCCCCCCCCCC(=O)NC(COC1OC(CO)C(OC2OC(CO)C(OC3OC(CO)C(O)C(O)C3O)C(O)C2O)C(O)C1O)C(O)/C=C/CC/C=C/CCCCCCCCCCCCCCCCCCCCCCCCCCC. The summed E-state index contributed by atoms with van der Waals surface area (Å²) in [6, 6.07) is -0.992. The summed E-state index contributed by atoms with van der Waals surface area (Å²) in [5, 5.41) is 121. The van der Waals surface area contributed by atoms with Crippen LogP contribution in [0.1, 0.15) is 425 Å². The van der Waals surface area contributed by atoms with Crippen LogP contribution in [0.5, 0.6) is 0 Å². The molecule has 3 aliphatic rings. The monoisotopic (exact) mass is 1630 g/mol. The zero-order valence-electron chi connectivity index (χ0n) is 73.3. The van der Waals surface area contributed by atoms with E-state index in [1.165, 1.54) is 347 Å². The number of unbranched alkanes of at least 4 members (excludes halogenated alkanes) is 58. The minimum Gasteiger partial charge on any atom is -0.394 e. The van der Waals surface area contributed by atoms with Crippen molar-refractivity contribution < 1.29 is 89.4 Å². The summed E-state index contributed by atoms with van der Waals surface area (Å²) in [6.45, 7) is 1.78. The summed E-state index contributed by atoms with van der Waals surface area (Å²) < 4.78 is 34.5. The molecule has 3 rings (SSSR count). The lowest BCUT2D eigenvalue weighted by atomic mass is 9.96. The fourth-order valence-electron chi connectivity index (χ4n) is 16.4. The molecular weight excluding hydrogens is 1460 g/mol. The van der Waals surface area contributed by atoms with Gasteiger partial charge in [-0.15, -0.1) is 0 Å². The maximum Gasteiger partial charge on any atom is 0.220 e. The highest BCUT2D eigenvalue weighted by Gasteiger charge is 2.54. The average molecular weight is 1640 g/mol. The molecule has 115 heavy (non-hydrogen) atoms. The molecule has 0 aromatic rings. The van der Waals surface area contributed by atoms with Gasteiger partial charge in [-0.1, -0.05) is 403 Å². The second-order valence-corrected chi connectivity index (χ2v) is 34.5. The molecule has 19 heteroatoms. The van der Waals surface area contributed by atoms with Gasteiger partial charge in [-0.2, -0.15) is 0 Å². The molecule has 0 aromatic carbocycles. The van der Waals surface area contributed by atoms with Gasteiger partial charge >= 0.3 is 0 Å². The van der Waals surface area contributed by atoms with E-state index in [-0.39, 0.29) is 18.9 Å². The second-order valence-electron chi connectivity index (χ2n) is 34.5. The summed E-state index contributed by atoms with van der Waals surface area (Å²) in [6.07, 6.45) is 73.0. The molecule has 0 spiro atoms. The van der Waals surface area contributed by atoms with Crippen LogP contribution >= 0.6 is 0 Å². The predicted octanol–water partition coefficient (Wildman–Crippen LogP) is 19.5. The number of aliphatic hydroxyl groups is 11.